The Morgan fingerprint density at radius 3 is 2.81 bits per heavy atom. The standard InChI is InChI=1S/C18H28N2O/c1-3-20-10-7-18(2,8-11-20)14-21-17-5-4-15-6-9-19-13-16(15)12-17/h4-5,12,19H,3,6-11,13-14H2,1-2H3. The van der Waals surface area contributed by atoms with E-state index in [9.17, 15) is 0 Å². The Morgan fingerprint density at radius 2 is 2.05 bits per heavy atom. The molecule has 3 nitrogen and oxygen atoms in total. The average Bonchev–Trinajstić information content (AvgIpc) is 2.54. The van der Waals surface area contributed by atoms with Crippen molar-refractivity contribution >= 4 is 0 Å². The molecule has 2 aliphatic rings. The summed E-state index contributed by atoms with van der Waals surface area (Å²) in [6.07, 6.45) is 3.63. The van der Waals surface area contributed by atoms with E-state index in [1.54, 1.807) is 0 Å². The van der Waals surface area contributed by atoms with Crippen molar-refractivity contribution in [1.29, 1.82) is 0 Å². The van der Waals surface area contributed by atoms with Crippen molar-refractivity contribution in [3.63, 3.8) is 0 Å². The third kappa shape index (κ3) is 3.58. The van der Waals surface area contributed by atoms with Crippen molar-refractivity contribution in [2.45, 2.75) is 39.7 Å². The van der Waals surface area contributed by atoms with Crippen LogP contribution >= 0.6 is 0 Å². The molecule has 2 heterocycles. The Hall–Kier alpha value is -1.06. The molecule has 0 bridgehead atoms. The molecule has 0 unspecified atom stereocenters. The molecule has 21 heavy (non-hydrogen) atoms. The van der Waals surface area contributed by atoms with Crippen molar-refractivity contribution in [2.24, 2.45) is 5.41 Å². The van der Waals surface area contributed by atoms with Gasteiger partial charge in [0.2, 0.25) is 0 Å². The summed E-state index contributed by atoms with van der Waals surface area (Å²) in [4.78, 5) is 2.53. The molecule has 0 aliphatic carbocycles. The highest BCUT2D eigenvalue weighted by atomic mass is 16.5. The van der Waals surface area contributed by atoms with Crippen molar-refractivity contribution in [2.75, 3.05) is 32.8 Å². The summed E-state index contributed by atoms with van der Waals surface area (Å²) in [5.74, 6) is 1.04. The van der Waals surface area contributed by atoms with Gasteiger partial charge in [0.15, 0.2) is 0 Å². The molecule has 1 saturated heterocycles. The maximum Gasteiger partial charge on any atom is 0.119 e. The van der Waals surface area contributed by atoms with Gasteiger partial charge >= 0.3 is 0 Å². The summed E-state index contributed by atoms with van der Waals surface area (Å²) in [7, 11) is 0. The maximum atomic E-state index is 6.14. The Labute approximate surface area is 128 Å². The number of ether oxygens (including phenoxy) is 1. The predicted octanol–water partition coefficient (Wildman–Crippen LogP) is 2.83. The van der Waals surface area contributed by atoms with Crippen LogP contribution < -0.4 is 10.1 Å². The van der Waals surface area contributed by atoms with Gasteiger partial charge in [0, 0.05) is 12.0 Å². The van der Waals surface area contributed by atoms with Gasteiger partial charge in [-0.15, -0.1) is 0 Å². The summed E-state index contributed by atoms with van der Waals surface area (Å²) in [6, 6.07) is 6.62. The number of benzene rings is 1. The SMILES string of the molecule is CCN1CCC(C)(COc2ccc3c(c2)CNCC3)CC1. The zero-order chi connectivity index (χ0) is 14.7. The number of hydrogen-bond donors (Lipinski definition) is 1. The monoisotopic (exact) mass is 288 g/mol. The van der Waals surface area contributed by atoms with Gasteiger partial charge in [-0.25, -0.2) is 0 Å². The zero-order valence-electron chi connectivity index (χ0n) is 13.5. The fourth-order valence-corrected chi connectivity index (χ4v) is 3.36. The molecule has 0 aromatic heterocycles. The minimum Gasteiger partial charge on any atom is -0.493 e. The molecule has 3 rings (SSSR count). The van der Waals surface area contributed by atoms with Gasteiger partial charge in [-0.2, -0.15) is 0 Å². The third-order valence-electron chi connectivity index (χ3n) is 5.16. The van der Waals surface area contributed by atoms with Gasteiger partial charge in [0.05, 0.1) is 6.61 Å². The molecule has 0 spiro atoms. The van der Waals surface area contributed by atoms with Crippen LogP contribution in [0.3, 0.4) is 0 Å². The number of hydrogen-bond acceptors (Lipinski definition) is 3. The first-order chi connectivity index (χ1) is 10.2. The lowest BCUT2D eigenvalue weighted by atomic mass is 9.81. The van der Waals surface area contributed by atoms with E-state index in [4.69, 9.17) is 4.74 Å². The largest absolute Gasteiger partial charge is 0.493 e. The lowest BCUT2D eigenvalue weighted by Crippen LogP contribution is -2.41. The molecule has 0 saturated carbocycles. The van der Waals surface area contributed by atoms with Crippen LogP contribution in [0.4, 0.5) is 0 Å². The van der Waals surface area contributed by atoms with Crippen LogP contribution in [-0.4, -0.2) is 37.7 Å². The summed E-state index contributed by atoms with van der Waals surface area (Å²) >= 11 is 0. The molecule has 0 amide bonds. The fourth-order valence-electron chi connectivity index (χ4n) is 3.36. The number of nitrogens with one attached hydrogen (secondary N) is 1. The molecule has 116 valence electrons. The van der Waals surface area contributed by atoms with Gasteiger partial charge in [0.1, 0.15) is 5.75 Å². The van der Waals surface area contributed by atoms with E-state index in [0.717, 1.165) is 31.9 Å². The van der Waals surface area contributed by atoms with Crippen LogP contribution in [0.15, 0.2) is 18.2 Å². The zero-order valence-corrected chi connectivity index (χ0v) is 13.5. The van der Waals surface area contributed by atoms with E-state index in [0.29, 0.717) is 5.41 Å². The number of likely N-dealkylation sites (tertiary alicyclic amines) is 1. The summed E-state index contributed by atoms with van der Waals surface area (Å²) in [5.41, 5.74) is 3.22. The van der Waals surface area contributed by atoms with E-state index in [2.05, 4.69) is 42.3 Å². The normalized spacial score (nSPS) is 21.8. The van der Waals surface area contributed by atoms with Gasteiger partial charge in [-0.3, -0.25) is 0 Å². The second-order valence-electron chi connectivity index (χ2n) is 6.89. The Morgan fingerprint density at radius 1 is 1.24 bits per heavy atom. The van der Waals surface area contributed by atoms with E-state index < -0.39 is 0 Å². The molecular weight excluding hydrogens is 260 g/mol. The molecule has 3 heteroatoms. The molecule has 1 N–H and O–H groups in total. The first kappa shape index (κ1) is 14.9. The molecule has 1 aromatic carbocycles. The predicted molar refractivity (Wildman–Crippen MR) is 86.8 cm³/mol. The van der Waals surface area contributed by atoms with Crippen LogP contribution in [0.2, 0.25) is 0 Å². The minimum atomic E-state index is 0.333. The smallest absolute Gasteiger partial charge is 0.119 e. The minimum absolute atomic E-state index is 0.333. The summed E-state index contributed by atoms with van der Waals surface area (Å²) < 4.78 is 6.14. The average molecular weight is 288 g/mol. The van der Waals surface area contributed by atoms with E-state index in [1.165, 1.54) is 43.6 Å². The lowest BCUT2D eigenvalue weighted by molar-refractivity contribution is 0.0714. The maximum absolute atomic E-state index is 6.14. The third-order valence-corrected chi connectivity index (χ3v) is 5.16. The highest BCUT2D eigenvalue weighted by Gasteiger charge is 2.30. The summed E-state index contributed by atoms with van der Waals surface area (Å²) in [5, 5.41) is 3.43. The van der Waals surface area contributed by atoms with Crippen LogP contribution in [0.1, 0.15) is 37.8 Å². The number of nitrogens with zero attached hydrogens (tertiary/aromatic N) is 1. The number of rotatable bonds is 4. The summed E-state index contributed by atoms with van der Waals surface area (Å²) in [6.45, 7) is 11.1. The first-order valence-corrected chi connectivity index (χ1v) is 8.36. The molecular formula is C18H28N2O. The van der Waals surface area contributed by atoms with Gasteiger partial charge in [-0.1, -0.05) is 19.9 Å². The van der Waals surface area contributed by atoms with Crippen LogP contribution in [-0.2, 0) is 13.0 Å². The number of piperidine rings is 1. The Bertz CT molecular complexity index is 478. The van der Waals surface area contributed by atoms with E-state index in [-0.39, 0.29) is 0 Å². The van der Waals surface area contributed by atoms with Crippen LogP contribution in [0.25, 0.3) is 0 Å². The van der Waals surface area contributed by atoms with Crippen molar-refractivity contribution in [3.05, 3.63) is 29.3 Å². The van der Waals surface area contributed by atoms with Gasteiger partial charge in [-0.05, 0) is 68.7 Å². The Kier molecular flexibility index (Phi) is 4.51. The van der Waals surface area contributed by atoms with E-state index in [1.807, 2.05) is 0 Å². The molecule has 0 atom stereocenters. The van der Waals surface area contributed by atoms with Crippen LogP contribution in [0, 0.1) is 5.41 Å². The second kappa shape index (κ2) is 6.37. The molecule has 1 fully saturated rings. The van der Waals surface area contributed by atoms with Crippen molar-refractivity contribution in [1.82, 2.24) is 10.2 Å². The quantitative estimate of drug-likeness (QED) is 0.922. The fraction of sp³-hybridized carbons (Fsp3) is 0.667. The molecule has 2 aliphatic heterocycles. The topological polar surface area (TPSA) is 24.5 Å². The second-order valence-corrected chi connectivity index (χ2v) is 6.89. The highest BCUT2D eigenvalue weighted by molar-refractivity contribution is 5.37. The number of fused-ring (bicyclic) bond motifs is 1. The first-order valence-electron chi connectivity index (χ1n) is 8.36. The van der Waals surface area contributed by atoms with Gasteiger partial charge < -0.3 is 15.0 Å². The molecule has 1 aromatic rings. The van der Waals surface area contributed by atoms with Gasteiger partial charge in [0.25, 0.3) is 0 Å². The van der Waals surface area contributed by atoms with Crippen LogP contribution in [0.5, 0.6) is 5.75 Å². The Balaban J connectivity index is 1.57. The van der Waals surface area contributed by atoms with E-state index >= 15 is 0 Å². The highest BCUT2D eigenvalue weighted by Crippen LogP contribution is 2.32. The van der Waals surface area contributed by atoms with Crippen molar-refractivity contribution < 1.29 is 4.74 Å². The van der Waals surface area contributed by atoms with Crippen molar-refractivity contribution in [3.8, 4) is 5.75 Å². The lowest BCUT2D eigenvalue weighted by Gasteiger charge is -2.38. The molecule has 0 radical (unpaired) electrons.